The van der Waals surface area contributed by atoms with Crippen molar-refractivity contribution in [2.45, 2.75) is 20.0 Å². The van der Waals surface area contributed by atoms with Crippen LogP contribution in [-0.4, -0.2) is 41.1 Å². The molecular weight excluding hydrogens is 320 g/mol. The molecule has 9 heteroatoms. The molecule has 2 heterocycles. The largest absolute Gasteiger partial charge is 0.478 e. The fourth-order valence-electron chi connectivity index (χ4n) is 2.25. The van der Waals surface area contributed by atoms with Crippen molar-refractivity contribution in [3.63, 3.8) is 0 Å². The lowest BCUT2D eigenvalue weighted by Gasteiger charge is -2.03. The van der Waals surface area contributed by atoms with Crippen molar-refractivity contribution < 1.29 is 9.90 Å². The third-order valence-electron chi connectivity index (χ3n) is 3.35. The van der Waals surface area contributed by atoms with E-state index in [-0.39, 0.29) is 5.56 Å². The quantitative estimate of drug-likeness (QED) is 0.766. The third-order valence-corrected chi connectivity index (χ3v) is 3.58. The van der Waals surface area contributed by atoms with E-state index < -0.39 is 5.97 Å². The maximum atomic E-state index is 11.4. The van der Waals surface area contributed by atoms with E-state index in [2.05, 4.69) is 20.6 Å². The van der Waals surface area contributed by atoms with E-state index in [0.29, 0.717) is 29.4 Å². The first-order chi connectivity index (χ1) is 11.1. The van der Waals surface area contributed by atoms with E-state index in [0.717, 1.165) is 5.69 Å². The minimum Gasteiger partial charge on any atom is -0.478 e. The van der Waals surface area contributed by atoms with Gasteiger partial charge in [0.15, 0.2) is 0 Å². The van der Waals surface area contributed by atoms with Crippen molar-refractivity contribution in [1.82, 2.24) is 30.0 Å². The van der Waals surface area contributed by atoms with Crippen LogP contribution in [0, 0.1) is 0 Å². The summed E-state index contributed by atoms with van der Waals surface area (Å²) in [6.45, 7) is 3.12. The Hall–Kier alpha value is -2.74. The van der Waals surface area contributed by atoms with Crippen molar-refractivity contribution in [1.29, 1.82) is 0 Å². The van der Waals surface area contributed by atoms with Gasteiger partial charge in [-0.15, -0.1) is 10.2 Å². The molecule has 0 saturated heterocycles. The second-order valence-electron chi connectivity index (χ2n) is 4.84. The van der Waals surface area contributed by atoms with Crippen LogP contribution < -0.4 is 0 Å². The smallest absolute Gasteiger partial charge is 0.336 e. The van der Waals surface area contributed by atoms with Crippen molar-refractivity contribution in [2.24, 2.45) is 0 Å². The molecular formula is C14H13ClN6O2. The molecule has 0 saturated carbocycles. The van der Waals surface area contributed by atoms with Crippen LogP contribution in [0.15, 0.2) is 30.6 Å². The van der Waals surface area contributed by atoms with E-state index in [1.807, 2.05) is 6.92 Å². The lowest BCUT2D eigenvalue weighted by molar-refractivity contribution is 0.0697. The van der Waals surface area contributed by atoms with Gasteiger partial charge in [-0.2, -0.15) is 0 Å². The molecule has 118 valence electrons. The maximum Gasteiger partial charge on any atom is 0.336 e. The number of aromatic nitrogens is 6. The first-order valence-electron chi connectivity index (χ1n) is 6.89. The van der Waals surface area contributed by atoms with Gasteiger partial charge >= 0.3 is 5.97 Å². The second kappa shape index (κ2) is 6.17. The van der Waals surface area contributed by atoms with E-state index >= 15 is 0 Å². The monoisotopic (exact) mass is 332 g/mol. The Balaban J connectivity index is 1.92. The van der Waals surface area contributed by atoms with Crippen LogP contribution in [0.4, 0.5) is 0 Å². The number of rotatable bonds is 5. The number of hydrogen-bond donors (Lipinski definition) is 1. The van der Waals surface area contributed by atoms with Gasteiger partial charge in [0.2, 0.25) is 0 Å². The van der Waals surface area contributed by atoms with Crippen molar-refractivity contribution >= 4 is 17.6 Å². The molecule has 3 rings (SSSR count). The Labute approximate surface area is 136 Å². The topological polar surface area (TPSA) is 98.7 Å². The Morgan fingerprint density at radius 1 is 1.35 bits per heavy atom. The normalized spacial score (nSPS) is 10.9. The zero-order chi connectivity index (χ0) is 16.4. The first-order valence-corrected chi connectivity index (χ1v) is 7.27. The molecule has 0 fully saturated rings. The highest BCUT2D eigenvalue weighted by Crippen LogP contribution is 2.25. The van der Waals surface area contributed by atoms with Gasteiger partial charge < -0.3 is 5.11 Å². The Morgan fingerprint density at radius 2 is 2.17 bits per heavy atom. The molecule has 0 amide bonds. The highest BCUT2D eigenvalue weighted by Gasteiger charge is 2.15. The third kappa shape index (κ3) is 3.07. The van der Waals surface area contributed by atoms with Gasteiger partial charge in [-0.1, -0.05) is 28.1 Å². The van der Waals surface area contributed by atoms with Crippen LogP contribution in [-0.2, 0) is 13.1 Å². The summed E-state index contributed by atoms with van der Waals surface area (Å²) in [5.41, 5.74) is 1.91. The molecule has 0 aliphatic carbocycles. The van der Waals surface area contributed by atoms with Crippen molar-refractivity contribution in [3.8, 4) is 11.3 Å². The van der Waals surface area contributed by atoms with Crippen LogP contribution in [0.5, 0.6) is 0 Å². The minimum absolute atomic E-state index is 0.0878. The number of hydrogen-bond acceptors (Lipinski definition) is 5. The minimum atomic E-state index is -1.06. The lowest BCUT2D eigenvalue weighted by Crippen LogP contribution is -2.08. The molecule has 0 spiro atoms. The molecule has 23 heavy (non-hydrogen) atoms. The highest BCUT2D eigenvalue weighted by atomic mass is 35.5. The first kappa shape index (κ1) is 15.2. The molecule has 0 aliphatic heterocycles. The molecule has 0 bridgehead atoms. The number of carbonyl (C=O) groups is 1. The van der Waals surface area contributed by atoms with Gasteiger partial charge in [0.25, 0.3) is 0 Å². The summed E-state index contributed by atoms with van der Waals surface area (Å²) in [5, 5.41) is 25.6. The Bertz CT molecular complexity index is 857. The highest BCUT2D eigenvalue weighted by molar-refractivity contribution is 6.31. The van der Waals surface area contributed by atoms with Crippen molar-refractivity contribution in [3.05, 3.63) is 46.9 Å². The predicted octanol–water partition coefficient (Wildman–Crippen LogP) is 1.96. The molecule has 0 radical (unpaired) electrons. The molecule has 0 aliphatic rings. The van der Waals surface area contributed by atoms with Crippen LogP contribution in [0.3, 0.4) is 0 Å². The Morgan fingerprint density at radius 3 is 2.91 bits per heavy atom. The van der Waals surface area contributed by atoms with E-state index in [1.54, 1.807) is 33.9 Å². The van der Waals surface area contributed by atoms with Crippen LogP contribution in [0.25, 0.3) is 11.3 Å². The SMILES string of the molecule is CCn1nncc1Cn1cc(-c2ccc(Cl)cc2C(=O)O)nn1. The summed E-state index contributed by atoms with van der Waals surface area (Å²) >= 11 is 5.86. The summed E-state index contributed by atoms with van der Waals surface area (Å²) in [6.07, 6.45) is 3.35. The zero-order valence-corrected chi connectivity index (χ0v) is 13.0. The van der Waals surface area contributed by atoms with Crippen LogP contribution in [0.2, 0.25) is 5.02 Å². The molecule has 0 unspecified atom stereocenters. The van der Waals surface area contributed by atoms with E-state index in [1.165, 1.54) is 6.07 Å². The van der Waals surface area contributed by atoms with Crippen LogP contribution >= 0.6 is 11.6 Å². The van der Waals surface area contributed by atoms with Gasteiger partial charge in [-0.05, 0) is 19.1 Å². The van der Waals surface area contributed by atoms with Crippen LogP contribution in [0.1, 0.15) is 23.0 Å². The molecule has 3 aromatic rings. The fraction of sp³-hybridized carbons (Fsp3) is 0.214. The average molecular weight is 333 g/mol. The summed E-state index contributed by atoms with van der Waals surface area (Å²) in [6, 6.07) is 4.64. The van der Waals surface area contributed by atoms with Crippen molar-refractivity contribution in [2.75, 3.05) is 0 Å². The summed E-state index contributed by atoms with van der Waals surface area (Å²) in [5.74, 6) is -1.06. The standard InChI is InChI=1S/C14H13ClN6O2/c1-2-21-10(6-16-18-21)7-20-8-13(17-19-20)11-4-3-9(15)5-12(11)14(22)23/h3-6,8H,2,7H2,1H3,(H,22,23). The molecule has 0 atom stereocenters. The summed E-state index contributed by atoms with van der Waals surface area (Å²) < 4.78 is 3.37. The number of benzene rings is 1. The Kier molecular flexibility index (Phi) is 4.07. The van der Waals surface area contributed by atoms with E-state index in [9.17, 15) is 9.90 Å². The lowest BCUT2D eigenvalue weighted by atomic mass is 10.1. The number of halogens is 1. The van der Waals surface area contributed by atoms with Gasteiger partial charge in [-0.3, -0.25) is 0 Å². The summed E-state index contributed by atoms with van der Waals surface area (Å²) in [7, 11) is 0. The second-order valence-corrected chi connectivity index (χ2v) is 5.27. The number of nitrogens with zero attached hydrogens (tertiary/aromatic N) is 6. The van der Waals surface area contributed by atoms with Gasteiger partial charge in [0.05, 0.1) is 30.2 Å². The van der Waals surface area contributed by atoms with Gasteiger partial charge in [-0.25, -0.2) is 14.2 Å². The molecule has 1 aromatic carbocycles. The fourth-order valence-corrected chi connectivity index (χ4v) is 2.42. The molecule has 1 N–H and O–H groups in total. The summed E-state index contributed by atoms with van der Waals surface area (Å²) in [4.78, 5) is 11.4. The predicted molar refractivity (Wildman–Crippen MR) is 82.2 cm³/mol. The number of aromatic carboxylic acids is 1. The molecule has 8 nitrogen and oxygen atoms in total. The average Bonchev–Trinajstić information content (AvgIpc) is 3.16. The zero-order valence-electron chi connectivity index (χ0n) is 12.2. The number of carboxylic acids is 1. The number of carboxylic acid groups (broad SMARTS) is 1. The maximum absolute atomic E-state index is 11.4. The van der Waals surface area contributed by atoms with Gasteiger partial charge in [0.1, 0.15) is 5.69 Å². The van der Waals surface area contributed by atoms with E-state index in [4.69, 9.17) is 11.6 Å². The number of aryl methyl sites for hydroxylation is 1. The molecule has 2 aromatic heterocycles. The van der Waals surface area contributed by atoms with Gasteiger partial charge in [0, 0.05) is 17.1 Å².